The van der Waals surface area contributed by atoms with Crippen molar-refractivity contribution in [3.63, 3.8) is 0 Å². The lowest BCUT2D eigenvalue weighted by Gasteiger charge is -2.27. The molecule has 2 N–H and O–H groups in total. The highest BCUT2D eigenvalue weighted by atomic mass is 79.9. The van der Waals surface area contributed by atoms with Crippen LogP contribution >= 0.6 is 28.3 Å². The largest absolute Gasteiger partial charge is 0.496 e. The van der Waals surface area contributed by atoms with Crippen molar-refractivity contribution < 1.29 is 19.1 Å². The van der Waals surface area contributed by atoms with Gasteiger partial charge in [0, 0.05) is 10.0 Å². The summed E-state index contributed by atoms with van der Waals surface area (Å²) in [6.07, 6.45) is 0. The zero-order valence-electron chi connectivity index (χ0n) is 20.1. The molecule has 3 aromatic rings. The molecule has 0 saturated carbocycles. The zero-order chi connectivity index (χ0) is 24.4. The normalized spacial score (nSPS) is 16.0. The number of likely N-dealkylation sites (N-methyl/N-ethyl adjacent to an activating group) is 1. The van der Waals surface area contributed by atoms with E-state index in [0.717, 1.165) is 26.4 Å². The number of para-hydroxylation sites is 1. The summed E-state index contributed by atoms with van der Waals surface area (Å²) in [6, 6.07) is 14.4. The Morgan fingerprint density at radius 1 is 1.26 bits per heavy atom. The molecule has 2 amide bonds. The van der Waals surface area contributed by atoms with Gasteiger partial charge in [0.05, 0.1) is 25.4 Å². The maximum Gasteiger partial charge on any atom is 0.253 e. The molecule has 0 fully saturated rings. The third-order valence-electron chi connectivity index (χ3n) is 6.17. The number of amides is 2. The van der Waals surface area contributed by atoms with Crippen LogP contribution in [0.4, 0.5) is 5.69 Å². The number of methoxy groups -OCH3 is 1. The van der Waals surface area contributed by atoms with Gasteiger partial charge in [0.15, 0.2) is 0 Å². The number of aryl methyl sites for hydroxylation is 1. The minimum atomic E-state index is -0.829. The van der Waals surface area contributed by atoms with Crippen LogP contribution in [0.1, 0.15) is 18.1 Å². The number of nitrogens with zero attached hydrogens (tertiary/aromatic N) is 1. The molecule has 0 saturated heterocycles. The zero-order valence-corrected chi connectivity index (χ0v) is 22.5. The van der Waals surface area contributed by atoms with Crippen molar-refractivity contribution in [1.29, 1.82) is 0 Å². The molecule has 3 aromatic carbocycles. The molecule has 35 heavy (non-hydrogen) atoms. The molecule has 0 radical (unpaired) electrons. The van der Waals surface area contributed by atoms with E-state index in [9.17, 15) is 9.59 Å². The molecule has 0 spiro atoms. The summed E-state index contributed by atoms with van der Waals surface area (Å²) in [6.45, 7) is 4.00. The Morgan fingerprint density at radius 3 is 2.74 bits per heavy atom. The van der Waals surface area contributed by atoms with E-state index in [1.165, 1.54) is 0 Å². The minimum Gasteiger partial charge on any atom is -0.496 e. The van der Waals surface area contributed by atoms with Crippen LogP contribution in [-0.4, -0.2) is 44.7 Å². The maximum absolute atomic E-state index is 13.8. The second-order valence-electron chi connectivity index (χ2n) is 8.34. The third kappa shape index (κ3) is 5.39. The standard InChI is InChI=1S/C26H28BrN3O4.ClH/c1-15-6-5-7-22-24(15)34-14-21(29-25(31)16(2)28-3)26(32)30(22)13-20-19-10-9-18(27)12-17(19)8-11-23(20)33-4;/h5-12,16,21,28H,13-14H2,1-4H3,(H,29,31);1H. The number of fused-ring (bicyclic) bond motifs is 2. The number of hydrogen-bond donors (Lipinski definition) is 2. The second-order valence-corrected chi connectivity index (χ2v) is 9.26. The Hall–Kier alpha value is -2.81. The van der Waals surface area contributed by atoms with Crippen LogP contribution < -0.4 is 25.0 Å². The highest BCUT2D eigenvalue weighted by Crippen LogP contribution is 2.38. The van der Waals surface area contributed by atoms with Gasteiger partial charge in [0.25, 0.3) is 5.91 Å². The van der Waals surface area contributed by atoms with E-state index < -0.39 is 12.1 Å². The molecule has 2 unspecified atom stereocenters. The number of ether oxygens (including phenoxy) is 2. The van der Waals surface area contributed by atoms with E-state index in [0.29, 0.717) is 17.2 Å². The van der Waals surface area contributed by atoms with Gasteiger partial charge in [-0.2, -0.15) is 0 Å². The van der Waals surface area contributed by atoms with E-state index in [-0.39, 0.29) is 37.4 Å². The molecular weight excluding hydrogens is 534 g/mol. The molecule has 1 heterocycles. The molecule has 1 aliphatic heterocycles. The molecule has 4 rings (SSSR count). The molecule has 1 aliphatic rings. The van der Waals surface area contributed by atoms with Gasteiger partial charge in [0.2, 0.25) is 5.91 Å². The quantitative estimate of drug-likeness (QED) is 0.467. The highest BCUT2D eigenvalue weighted by Gasteiger charge is 2.34. The van der Waals surface area contributed by atoms with Gasteiger partial charge in [-0.05, 0) is 61.5 Å². The first-order chi connectivity index (χ1) is 16.3. The van der Waals surface area contributed by atoms with Gasteiger partial charge in [-0.1, -0.05) is 40.2 Å². The fraction of sp³-hybridized carbons (Fsp3) is 0.308. The van der Waals surface area contributed by atoms with Crippen molar-refractivity contribution in [3.05, 3.63) is 64.1 Å². The van der Waals surface area contributed by atoms with Gasteiger partial charge >= 0.3 is 0 Å². The van der Waals surface area contributed by atoms with Crippen LogP contribution in [0.15, 0.2) is 53.0 Å². The lowest BCUT2D eigenvalue weighted by Crippen LogP contribution is -2.53. The molecule has 0 aromatic heterocycles. The van der Waals surface area contributed by atoms with Crippen molar-refractivity contribution >= 4 is 56.6 Å². The SMILES string of the molecule is CNC(C)C(=O)NC1COc2c(C)cccc2N(Cc2c(OC)ccc3cc(Br)ccc23)C1=O.Cl. The van der Waals surface area contributed by atoms with E-state index in [1.54, 1.807) is 26.0 Å². The average molecular weight is 563 g/mol. The van der Waals surface area contributed by atoms with Crippen LogP contribution in [0.2, 0.25) is 0 Å². The fourth-order valence-corrected chi connectivity index (χ4v) is 4.51. The number of hydrogen-bond acceptors (Lipinski definition) is 5. The molecular formula is C26H29BrClN3O4. The first-order valence-corrected chi connectivity index (χ1v) is 11.9. The van der Waals surface area contributed by atoms with E-state index in [4.69, 9.17) is 9.47 Å². The summed E-state index contributed by atoms with van der Waals surface area (Å²) in [5, 5.41) is 7.77. The lowest BCUT2D eigenvalue weighted by atomic mass is 10.0. The van der Waals surface area contributed by atoms with Crippen LogP contribution in [0.5, 0.6) is 11.5 Å². The first kappa shape index (κ1) is 26.8. The molecule has 2 atom stereocenters. The van der Waals surface area contributed by atoms with Gasteiger partial charge in [-0.15, -0.1) is 12.4 Å². The Bertz CT molecular complexity index is 1250. The predicted molar refractivity (Wildman–Crippen MR) is 144 cm³/mol. The van der Waals surface area contributed by atoms with Crippen molar-refractivity contribution in [2.75, 3.05) is 25.7 Å². The summed E-state index contributed by atoms with van der Waals surface area (Å²) in [5.74, 6) is 0.819. The van der Waals surface area contributed by atoms with E-state index >= 15 is 0 Å². The number of carbonyl (C=O) groups excluding carboxylic acids is 2. The smallest absolute Gasteiger partial charge is 0.253 e. The van der Waals surface area contributed by atoms with Gasteiger partial charge in [-0.3, -0.25) is 9.59 Å². The summed E-state index contributed by atoms with van der Waals surface area (Å²) < 4.78 is 12.7. The van der Waals surface area contributed by atoms with Crippen LogP contribution in [0.3, 0.4) is 0 Å². The minimum absolute atomic E-state index is 0. The van der Waals surface area contributed by atoms with E-state index in [1.807, 2.05) is 55.5 Å². The molecule has 186 valence electrons. The van der Waals surface area contributed by atoms with Crippen LogP contribution in [-0.2, 0) is 16.1 Å². The summed E-state index contributed by atoms with van der Waals surface area (Å²) in [4.78, 5) is 28.1. The molecule has 0 aliphatic carbocycles. The molecule has 9 heteroatoms. The number of benzene rings is 3. The van der Waals surface area contributed by atoms with Crippen molar-refractivity contribution in [1.82, 2.24) is 10.6 Å². The lowest BCUT2D eigenvalue weighted by molar-refractivity contribution is -0.129. The van der Waals surface area contributed by atoms with Crippen molar-refractivity contribution in [2.45, 2.75) is 32.5 Å². The third-order valence-corrected chi connectivity index (χ3v) is 6.66. The predicted octanol–water partition coefficient (Wildman–Crippen LogP) is 4.36. The maximum atomic E-state index is 13.8. The van der Waals surface area contributed by atoms with Crippen molar-refractivity contribution in [2.24, 2.45) is 0 Å². The van der Waals surface area contributed by atoms with Crippen molar-refractivity contribution in [3.8, 4) is 11.5 Å². The first-order valence-electron chi connectivity index (χ1n) is 11.1. The number of halogens is 2. The van der Waals surface area contributed by atoms with Gasteiger partial charge in [-0.25, -0.2) is 0 Å². The Kier molecular flexibility index (Phi) is 8.64. The summed E-state index contributed by atoms with van der Waals surface area (Å²) >= 11 is 3.53. The number of rotatable bonds is 6. The second kappa shape index (κ2) is 11.3. The number of carbonyl (C=O) groups is 2. The van der Waals surface area contributed by atoms with Crippen LogP contribution in [0, 0.1) is 6.92 Å². The summed E-state index contributed by atoms with van der Waals surface area (Å²) in [7, 11) is 3.32. The summed E-state index contributed by atoms with van der Waals surface area (Å²) in [5.41, 5.74) is 2.46. The number of anilines is 1. The fourth-order valence-electron chi connectivity index (χ4n) is 4.13. The molecule has 0 bridgehead atoms. The topological polar surface area (TPSA) is 79.9 Å². The van der Waals surface area contributed by atoms with Crippen LogP contribution in [0.25, 0.3) is 10.8 Å². The number of nitrogens with one attached hydrogen (secondary N) is 2. The monoisotopic (exact) mass is 561 g/mol. The van der Waals surface area contributed by atoms with Gasteiger partial charge < -0.3 is 25.0 Å². The Labute approximate surface area is 219 Å². The van der Waals surface area contributed by atoms with E-state index in [2.05, 4.69) is 26.6 Å². The Morgan fingerprint density at radius 2 is 2.03 bits per heavy atom. The molecule has 7 nitrogen and oxygen atoms in total. The Balaban J connectivity index is 0.00000342. The highest BCUT2D eigenvalue weighted by molar-refractivity contribution is 9.10. The average Bonchev–Trinajstić information content (AvgIpc) is 2.96. The van der Waals surface area contributed by atoms with Gasteiger partial charge in [0.1, 0.15) is 24.1 Å².